The summed E-state index contributed by atoms with van der Waals surface area (Å²) in [5, 5.41) is 11.6. The number of ketones is 1. The molecule has 3 aromatic rings. The molecule has 212 valence electrons. The Balaban J connectivity index is 1.33. The van der Waals surface area contributed by atoms with Crippen LogP contribution in [0.4, 0.5) is 0 Å². The van der Waals surface area contributed by atoms with Gasteiger partial charge in [-0.05, 0) is 61.3 Å². The van der Waals surface area contributed by atoms with Crippen LogP contribution in [-0.2, 0) is 20.7 Å². The van der Waals surface area contributed by atoms with Crippen LogP contribution >= 0.6 is 0 Å². The van der Waals surface area contributed by atoms with Crippen LogP contribution in [0.15, 0.2) is 72.8 Å². The van der Waals surface area contributed by atoms with Crippen LogP contribution < -0.4 is 4.74 Å². The second kappa shape index (κ2) is 11.5. The van der Waals surface area contributed by atoms with Crippen LogP contribution in [0, 0.1) is 0 Å². The van der Waals surface area contributed by atoms with Crippen molar-refractivity contribution in [1.82, 2.24) is 0 Å². The first-order chi connectivity index (χ1) is 19.9. The molecule has 0 aromatic heterocycles. The largest absolute Gasteiger partial charge is 0.507 e. The van der Waals surface area contributed by atoms with Crippen LogP contribution in [-0.4, -0.2) is 35.2 Å². The highest BCUT2D eigenvalue weighted by atomic mass is 16.5. The Kier molecular flexibility index (Phi) is 7.67. The van der Waals surface area contributed by atoms with Gasteiger partial charge >= 0.3 is 5.97 Å². The first-order valence-corrected chi connectivity index (χ1v) is 14.7. The molecule has 0 saturated carbocycles. The molecule has 6 heteroatoms. The molecule has 0 radical (unpaired) electrons. The molecular weight excluding hydrogens is 516 g/mol. The summed E-state index contributed by atoms with van der Waals surface area (Å²) in [6.45, 7) is 2.19. The minimum atomic E-state index is -0.571. The third kappa shape index (κ3) is 5.66. The van der Waals surface area contributed by atoms with Gasteiger partial charge in [0.05, 0.1) is 24.7 Å². The molecule has 2 bridgehead atoms. The van der Waals surface area contributed by atoms with E-state index in [4.69, 9.17) is 14.2 Å². The molecule has 2 heterocycles. The number of carbonyl (C=O) groups excluding carboxylic acids is 2. The number of fused-ring (bicyclic) bond motifs is 5. The number of rotatable bonds is 8. The number of phenols is 1. The molecular formula is C35H36O6. The lowest BCUT2D eigenvalue weighted by atomic mass is 9.68. The van der Waals surface area contributed by atoms with E-state index in [0.717, 1.165) is 28.7 Å². The van der Waals surface area contributed by atoms with Gasteiger partial charge < -0.3 is 19.3 Å². The summed E-state index contributed by atoms with van der Waals surface area (Å²) in [5.41, 5.74) is 3.57. The van der Waals surface area contributed by atoms with Crippen molar-refractivity contribution in [3.63, 3.8) is 0 Å². The normalized spacial score (nSPS) is 24.8. The molecule has 41 heavy (non-hydrogen) atoms. The summed E-state index contributed by atoms with van der Waals surface area (Å²) in [6, 6.07) is 21.8. The lowest BCUT2D eigenvalue weighted by Gasteiger charge is -2.48. The van der Waals surface area contributed by atoms with Gasteiger partial charge in [0.1, 0.15) is 23.2 Å². The Hall–Kier alpha value is -3.90. The quantitative estimate of drug-likeness (QED) is 0.300. The molecule has 6 rings (SSSR count). The smallest absolute Gasteiger partial charge is 0.305 e. The summed E-state index contributed by atoms with van der Waals surface area (Å²) in [6.07, 6.45) is 7.72. The number of esters is 1. The number of hydrogen-bond donors (Lipinski definition) is 1. The fourth-order valence-electron chi connectivity index (χ4n) is 6.76. The Morgan fingerprint density at radius 2 is 1.88 bits per heavy atom. The highest BCUT2D eigenvalue weighted by Gasteiger charge is 2.47. The fraction of sp³-hybridized carbons (Fsp3) is 0.371. The highest BCUT2D eigenvalue weighted by Crippen LogP contribution is 2.54. The second-order valence-corrected chi connectivity index (χ2v) is 11.4. The maximum atomic E-state index is 13.4. The maximum Gasteiger partial charge on any atom is 0.305 e. The molecule has 1 fully saturated rings. The van der Waals surface area contributed by atoms with E-state index in [1.807, 2.05) is 61.5 Å². The van der Waals surface area contributed by atoms with Crippen molar-refractivity contribution in [3.8, 4) is 11.5 Å². The van der Waals surface area contributed by atoms with Crippen molar-refractivity contribution in [2.24, 2.45) is 0 Å². The Bertz CT molecular complexity index is 1450. The standard InChI is InChI=1S/C35H36O6/c1-2-39-31(37)15-9-14-27-18-25-21-35(41-27,17-16-23-10-5-3-6-11-23)22-26-19-30-33(34(38)32(25)26)28(36)20-29(40-30)24-12-7-4-8-13-24/h3-8,10-13,16-17,19,25,27,29,38H,2,9,14-15,18,20-22H2,1H3/b17-16+/t25-,27+,29+,35+/m0/s1. The van der Waals surface area contributed by atoms with E-state index in [9.17, 15) is 14.7 Å². The van der Waals surface area contributed by atoms with Gasteiger partial charge in [-0.25, -0.2) is 0 Å². The van der Waals surface area contributed by atoms with Gasteiger partial charge in [-0.3, -0.25) is 9.59 Å². The van der Waals surface area contributed by atoms with E-state index in [0.29, 0.717) is 50.0 Å². The zero-order chi connectivity index (χ0) is 28.4. The molecule has 2 aliphatic heterocycles. The number of carbonyl (C=O) groups is 2. The second-order valence-electron chi connectivity index (χ2n) is 11.4. The molecule has 3 aliphatic rings. The van der Waals surface area contributed by atoms with Crippen LogP contribution in [0.25, 0.3) is 6.08 Å². The first-order valence-electron chi connectivity index (χ1n) is 14.7. The molecule has 1 saturated heterocycles. The van der Waals surface area contributed by atoms with Crippen LogP contribution in [0.2, 0.25) is 0 Å². The zero-order valence-electron chi connectivity index (χ0n) is 23.4. The number of phenolic OH excluding ortho intramolecular Hbond substituents is 1. The van der Waals surface area contributed by atoms with E-state index in [2.05, 4.69) is 24.3 Å². The highest BCUT2D eigenvalue weighted by molar-refractivity contribution is 6.03. The minimum absolute atomic E-state index is 0.0189. The third-order valence-electron chi connectivity index (χ3n) is 8.51. The van der Waals surface area contributed by atoms with Gasteiger partial charge in [-0.15, -0.1) is 0 Å². The predicted molar refractivity (Wildman–Crippen MR) is 156 cm³/mol. The molecule has 1 N–H and O–H groups in total. The molecule has 0 amide bonds. The summed E-state index contributed by atoms with van der Waals surface area (Å²) < 4.78 is 18.3. The van der Waals surface area contributed by atoms with Crippen molar-refractivity contribution in [2.75, 3.05) is 6.61 Å². The molecule has 1 aliphatic carbocycles. The average Bonchev–Trinajstić information content (AvgIpc) is 2.96. The molecule has 6 nitrogen and oxygen atoms in total. The number of ether oxygens (including phenoxy) is 3. The van der Waals surface area contributed by atoms with Crippen molar-refractivity contribution in [3.05, 3.63) is 101 Å². The molecule has 3 aromatic carbocycles. The Morgan fingerprint density at radius 1 is 1.12 bits per heavy atom. The van der Waals surface area contributed by atoms with Gasteiger partial charge in [-0.2, -0.15) is 0 Å². The van der Waals surface area contributed by atoms with Crippen molar-refractivity contribution in [1.29, 1.82) is 0 Å². The predicted octanol–water partition coefficient (Wildman–Crippen LogP) is 7.10. The molecule has 0 unspecified atom stereocenters. The van der Waals surface area contributed by atoms with Gasteiger partial charge in [0.25, 0.3) is 0 Å². The lowest BCUT2D eigenvalue weighted by Crippen LogP contribution is -2.47. The van der Waals surface area contributed by atoms with E-state index in [1.165, 1.54) is 0 Å². The summed E-state index contributed by atoms with van der Waals surface area (Å²) >= 11 is 0. The topological polar surface area (TPSA) is 82.1 Å². The van der Waals surface area contributed by atoms with E-state index in [1.54, 1.807) is 0 Å². The molecule has 4 atom stereocenters. The monoisotopic (exact) mass is 552 g/mol. The van der Waals surface area contributed by atoms with Gasteiger partial charge in [-0.1, -0.05) is 72.8 Å². The minimum Gasteiger partial charge on any atom is -0.507 e. The summed E-state index contributed by atoms with van der Waals surface area (Å²) in [7, 11) is 0. The van der Waals surface area contributed by atoms with Crippen LogP contribution in [0.1, 0.15) is 90.1 Å². The maximum absolute atomic E-state index is 13.4. The number of Topliss-reactive ketones (excluding diaryl/α,β-unsaturated/α-hetero) is 1. The Morgan fingerprint density at radius 3 is 2.63 bits per heavy atom. The fourth-order valence-corrected chi connectivity index (χ4v) is 6.76. The van der Waals surface area contributed by atoms with Crippen LogP contribution in [0.5, 0.6) is 11.5 Å². The van der Waals surface area contributed by atoms with Gasteiger partial charge in [0, 0.05) is 18.4 Å². The third-order valence-corrected chi connectivity index (χ3v) is 8.51. The van der Waals surface area contributed by atoms with E-state index < -0.39 is 5.60 Å². The van der Waals surface area contributed by atoms with Gasteiger partial charge in [0.2, 0.25) is 0 Å². The lowest BCUT2D eigenvalue weighted by molar-refractivity contribution is -0.143. The summed E-state index contributed by atoms with van der Waals surface area (Å²) in [5.74, 6) is 0.236. The Labute approximate surface area is 241 Å². The van der Waals surface area contributed by atoms with E-state index >= 15 is 0 Å². The molecule has 0 spiro atoms. The van der Waals surface area contributed by atoms with Gasteiger partial charge in [0.15, 0.2) is 5.78 Å². The first kappa shape index (κ1) is 27.3. The number of hydrogen-bond acceptors (Lipinski definition) is 6. The number of benzene rings is 3. The van der Waals surface area contributed by atoms with Crippen molar-refractivity contribution in [2.45, 2.75) is 75.6 Å². The van der Waals surface area contributed by atoms with E-state index in [-0.39, 0.29) is 42.0 Å². The van der Waals surface area contributed by atoms with Crippen molar-refractivity contribution < 1.29 is 28.9 Å². The zero-order valence-corrected chi connectivity index (χ0v) is 23.4. The summed E-state index contributed by atoms with van der Waals surface area (Å²) in [4.78, 5) is 25.3. The number of aromatic hydroxyl groups is 1. The SMILES string of the molecule is CCOC(=O)CCC[C@@H]1C[C@H]2C[C@](/C=C/c3ccccc3)(Cc3cc4c(c(O)c32)C(=O)C[C@H](c2ccccc2)O4)O1. The van der Waals surface area contributed by atoms with Crippen molar-refractivity contribution >= 4 is 17.8 Å². The average molecular weight is 553 g/mol. The van der Waals surface area contributed by atoms with Crippen LogP contribution in [0.3, 0.4) is 0 Å².